The molecule has 0 radical (unpaired) electrons. The van der Waals surface area contributed by atoms with Gasteiger partial charge in [0.05, 0.1) is 5.75 Å². The molecule has 0 spiro atoms. The summed E-state index contributed by atoms with van der Waals surface area (Å²) in [5, 5.41) is 5.85. The predicted octanol–water partition coefficient (Wildman–Crippen LogP) is -0.461. The van der Waals surface area contributed by atoms with Crippen molar-refractivity contribution in [2.24, 2.45) is 0 Å². The molecule has 0 aromatic carbocycles. The summed E-state index contributed by atoms with van der Waals surface area (Å²) in [6, 6.07) is 0. The maximum atomic E-state index is 11.2. The van der Waals surface area contributed by atoms with Gasteiger partial charge in [-0.2, -0.15) is 4.98 Å². The van der Waals surface area contributed by atoms with Crippen LogP contribution in [0.25, 0.3) is 0 Å². The van der Waals surface area contributed by atoms with Gasteiger partial charge in [-0.1, -0.05) is 6.92 Å². The van der Waals surface area contributed by atoms with Gasteiger partial charge in [0.1, 0.15) is 0 Å². The maximum Gasteiger partial charge on any atom is 0.257 e. The minimum Gasteiger partial charge on any atom is -0.368 e. The van der Waals surface area contributed by atoms with E-state index in [1.807, 2.05) is 0 Å². The van der Waals surface area contributed by atoms with Crippen LogP contribution in [-0.4, -0.2) is 29.4 Å². The van der Waals surface area contributed by atoms with Gasteiger partial charge in [0.15, 0.2) is 0 Å². The fourth-order valence-corrected chi connectivity index (χ4v) is 1.79. The molecule has 0 amide bonds. The number of anilines is 2. The average molecular weight is 205 g/mol. The van der Waals surface area contributed by atoms with Gasteiger partial charge in [-0.25, -0.2) is 18.2 Å². The first-order chi connectivity index (χ1) is 6.03. The first-order valence-corrected chi connectivity index (χ1v) is 5.37. The smallest absolute Gasteiger partial charge is 0.257 e. The van der Waals surface area contributed by atoms with Gasteiger partial charge in [0.25, 0.3) is 5.95 Å². The molecule has 4 N–H and O–H groups in total. The summed E-state index contributed by atoms with van der Waals surface area (Å²) in [5.74, 6) is 0.0988. The van der Waals surface area contributed by atoms with Crippen molar-refractivity contribution in [3.05, 3.63) is 0 Å². The van der Waals surface area contributed by atoms with E-state index in [4.69, 9.17) is 5.73 Å². The van der Waals surface area contributed by atoms with Gasteiger partial charge in [0.2, 0.25) is 16.0 Å². The van der Waals surface area contributed by atoms with Crippen molar-refractivity contribution in [3.63, 3.8) is 0 Å². The molecule has 0 saturated carbocycles. The highest BCUT2D eigenvalue weighted by molar-refractivity contribution is 7.92. The Hall–Kier alpha value is -1.31. The first kappa shape index (κ1) is 9.78. The predicted molar refractivity (Wildman–Crippen MR) is 48.5 cm³/mol. The number of aromatic nitrogens is 3. The molecule has 0 aliphatic heterocycles. The van der Waals surface area contributed by atoms with E-state index >= 15 is 0 Å². The topological polar surface area (TPSA) is 114 Å². The fraction of sp³-hybridized carbons (Fsp3) is 0.600. The lowest BCUT2D eigenvalue weighted by molar-refractivity contribution is 0.599. The van der Waals surface area contributed by atoms with Crippen LogP contribution in [0.15, 0.2) is 0 Å². The summed E-state index contributed by atoms with van der Waals surface area (Å²) >= 11 is 0. The number of hydrogen-bond acceptors (Lipinski definition) is 5. The van der Waals surface area contributed by atoms with Gasteiger partial charge < -0.3 is 5.73 Å². The summed E-state index contributed by atoms with van der Waals surface area (Å²) in [5.41, 5.74) is 5.21. The summed E-state index contributed by atoms with van der Waals surface area (Å²) in [6.45, 7) is 1.77. The molecule has 0 aliphatic carbocycles. The second-order valence-corrected chi connectivity index (χ2v) is 4.31. The van der Waals surface area contributed by atoms with Crippen LogP contribution >= 0.6 is 0 Å². The van der Waals surface area contributed by atoms with Gasteiger partial charge >= 0.3 is 0 Å². The Morgan fingerprint density at radius 3 is 2.77 bits per heavy atom. The molecule has 0 aliphatic rings. The van der Waals surface area contributed by atoms with E-state index in [0.29, 0.717) is 6.42 Å². The van der Waals surface area contributed by atoms with Crippen LogP contribution in [-0.2, 0) is 10.0 Å². The molecule has 0 unspecified atom stereocenters. The molecule has 0 bridgehead atoms. The SMILES string of the molecule is CCCS(=O)(=O)Nc1n[nH]c(N)n1. The van der Waals surface area contributed by atoms with E-state index in [9.17, 15) is 8.42 Å². The standard InChI is InChI=1S/C5H11N5O2S/c1-2-3-13(11,12)10-5-7-4(6)8-9-5/h2-3H2,1H3,(H4,6,7,8,9,10). The molecule has 7 nitrogen and oxygen atoms in total. The lowest BCUT2D eigenvalue weighted by Crippen LogP contribution is -2.16. The molecule has 1 aromatic rings. The highest BCUT2D eigenvalue weighted by atomic mass is 32.2. The van der Waals surface area contributed by atoms with Crippen molar-refractivity contribution in [2.75, 3.05) is 16.2 Å². The molecule has 13 heavy (non-hydrogen) atoms. The van der Waals surface area contributed by atoms with Crippen LogP contribution in [0.3, 0.4) is 0 Å². The Morgan fingerprint density at radius 2 is 2.31 bits per heavy atom. The number of hydrogen-bond donors (Lipinski definition) is 3. The Balaban J connectivity index is 2.69. The first-order valence-electron chi connectivity index (χ1n) is 3.72. The normalized spacial score (nSPS) is 11.5. The number of nitrogens with two attached hydrogens (primary N) is 1. The second-order valence-electron chi connectivity index (χ2n) is 2.47. The van der Waals surface area contributed by atoms with Crippen LogP contribution in [0.4, 0.5) is 11.9 Å². The molecule has 1 aromatic heterocycles. The van der Waals surface area contributed by atoms with E-state index in [1.165, 1.54) is 0 Å². The lowest BCUT2D eigenvalue weighted by Gasteiger charge is -2.00. The largest absolute Gasteiger partial charge is 0.368 e. The Morgan fingerprint density at radius 1 is 1.62 bits per heavy atom. The van der Waals surface area contributed by atoms with Gasteiger partial charge in [0, 0.05) is 0 Å². The van der Waals surface area contributed by atoms with Crippen molar-refractivity contribution in [3.8, 4) is 0 Å². The number of nitrogen functional groups attached to an aromatic ring is 1. The van der Waals surface area contributed by atoms with E-state index in [-0.39, 0.29) is 17.6 Å². The molecular weight excluding hydrogens is 194 g/mol. The number of sulfonamides is 1. The van der Waals surface area contributed by atoms with E-state index in [0.717, 1.165) is 0 Å². The minimum absolute atomic E-state index is 0.0223. The second kappa shape index (κ2) is 3.60. The van der Waals surface area contributed by atoms with E-state index < -0.39 is 10.0 Å². The Bertz CT molecular complexity index is 370. The van der Waals surface area contributed by atoms with Crippen molar-refractivity contribution in [1.29, 1.82) is 0 Å². The monoisotopic (exact) mass is 205 g/mol. The third-order valence-corrected chi connectivity index (χ3v) is 2.66. The Kier molecular flexibility index (Phi) is 2.71. The molecule has 0 saturated heterocycles. The maximum absolute atomic E-state index is 11.2. The van der Waals surface area contributed by atoms with Crippen LogP contribution in [0.1, 0.15) is 13.3 Å². The quantitative estimate of drug-likeness (QED) is 0.615. The van der Waals surface area contributed by atoms with Crippen LogP contribution in [0.5, 0.6) is 0 Å². The minimum atomic E-state index is -3.32. The van der Waals surface area contributed by atoms with Crippen molar-refractivity contribution in [1.82, 2.24) is 15.2 Å². The summed E-state index contributed by atoms with van der Waals surface area (Å²) in [7, 11) is -3.32. The Labute approximate surface area is 75.8 Å². The zero-order valence-electron chi connectivity index (χ0n) is 7.11. The number of rotatable bonds is 4. The molecule has 0 fully saturated rings. The van der Waals surface area contributed by atoms with Crippen LogP contribution in [0, 0.1) is 0 Å². The zero-order valence-corrected chi connectivity index (χ0v) is 7.93. The highest BCUT2D eigenvalue weighted by Gasteiger charge is 2.11. The highest BCUT2D eigenvalue weighted by Crippen LogP contribution is 2.03. The fourth-order valence-electron chi connectivity index (χ4n) is 0.779. The summed E-state index contributed by atoms with van der Waals surface area (Å²) < 4.78 is 24.5. The third-order valence-electron chi connectivity index (χ3n) is 1.22. The molecule has 1 heterocycles. The van der Waals surface area contributed by atoms with Gasteiger partial charge in [-0.05, 0) is 6.42 Å². The number of H-pyrrole nitrogens is 1. The molecule has 1 rings (SSSR count). The molecule has 8 heteroatoms. The summed E-state index contributed by atoms with van der Waals surface area (Å²) in [4.78, 5) is 3.60. The lowest BCUT2D eigenvalue weighted by atomic mass is 10.6. The van der Waals surface area contributed by atoms with Gasteiger partial charge in [-0.15, -0.1) is 5.10 Å². The number of aromatic amines is 1. The summed E-state index contributed by atoms with van der Waals surface area (Å²) in [6.07, 6.45) is 0.537. The van der Waals surface area contributed by atoms with Gasteiger partial charge in [-0.3, -0.25) is 0 Å². The molecule has 74 valence electrons. The molecular formula is C5H11N5O2S. The molecule has 0 atom stereocenters. The third kappa shape index (κ3) is 2.90. The average Bonchev–Trinajstić information content (AvgIpc) is 2.34. The number of nitrogens with one attached hydrogen (secondary N) is 2. The van der Waals surface area contributed by atoms with Crippen LogP contribution in [0.2, 0.25) is 0 Å². The van der Waals surface area contributed by atoms with E-state index in [2.05, 4.69) is 19.9 Å². The van der Waals surface area contributed by atoms with Crippen LogP contribution < -0.4 is 10.5 Å². The van der Waals surface area contributed by atoms with Crippen molar-refractivity contribution >= 4 is 21.9 Å². The van der Waals surface area contributed by atoms with Crippen molar-refractivity contribution < 1.29 is 8.42 Å². The van der Waals surface area contributed by atoms with Crippen molar-refractivity contribution in [2.45, 2.75) is 13.3 Å². The van der Waals surface area contributed by atoms with E-state index in [1.54, 1.807) is 6.92 Å². The zero-order chi connectivity index (χ0) is 9.90. The number of nitrogens with zero attached hydrogens (tertiary/aromatic N) is 2.